The molecule has 14 heteroatoms. The summed E-state index contributed by atoms with van der Waals surface area (Å²) in [4.78, 5) is 14.6. The van der Waals surface area contributed by atoms with Crippen molar-refractivity contribution in [2.24, 2.45) is 56.7 Å². The molecule has 14 nitrogen and oxygen atoms in total. The predicted molar refractivity (Wildman–Crippen MR) is 199 cm³/mol. The van der Waals surface area contributed by atoms with E-state index in [1.165, 1.54) is 0 Å². The summed E-state index contributed by atoms with van der Waals surface area (Å²) in [5.74, 6) is 0.0721. The molecule has 0 spiro atoms. The summed E-state index contributed by atoms with van der Waals surface area (Å²) in [5, 5.41) is 93.9. The van der Waals surface area contributed by atoms with Gasteiger partial charge in [0.25, 0.3) is 0 Å². The van der Waals surface area contributed by atoms with Crippen LogP contribution in [-0.2, 0) is 23.7 Å². The first-order valence-electron chi connectivity index (χ1n) is 21.0. The molecule has 7 rings (SSSR count). The van der Waals surface area contributed by atoms with Crippen LogP contribution in [0.5, 0.6) is 0 Å². The molecule has 7 aliphatic rings. The van der Waals surface area contributed by atoms with Crippen molar-refractivity contribution in [2.75, 3.05) is 19.8 Å². The highest BCUT2D eigenvalue weighted by Gasteiger charge is 2.73. The number of carbonyl (C=O) groups excluding carboxylic acids is 1. The third-order valence-electron chi connectivity index (χ3n) is 17.8. The largest absolute Gasteiger partial charge is 0.432 e. The van der Waals surface area contributed by atoms with Gasteiger partial charge in [0.05, 0.1) is 31.3 Å². The van der Waals surface area contributed by atoms with E-state index < -0.39 is 97.5 Å². The van der Waals surface area contributed by atoms with E-state index in [2.05, 4.69) is 27.4 Å². The van der Waals surface area contributed by atoms with Crippen molar-refractivity contribution >= 4 is 5.97 Å². The molecule has 0 amide bonds. The zero-order valence-electron chi connectivity index (χ0n) is 33.7. The first kappa shape index (κ1) is 42.8. The Balaban J connectivity index is 1.15. The summed E-state index contributed by atoms with van der Waals surface area (Å²) < 4.78 is 23.8. The van der Waals surface area contributed by atoms with Gasteiger partial charge in [0.2, 0.25) is 6.29 Å². The number of hydrogen-bond acceptors (Lipinski definition) is 14. The second-order valence-electron chi connectivity index (χ2n) is 20.0. The lowest BCUT2D eigenvalue weighted by molar-refractivity contribution is -0.335. The van der Waals surface area contributed by atoms with Gasteiger partial charge in [-0.2, -0.15) is 0 Å². The number of allylic oxidation sites excluding steroid dienone is 1. The van der Waals surface area contributed by atoms with Crippen LogP contribution in [0.3, 0.4) is 0 Å². The zero-order valence-corrected chi connectivity index (χ0v) is 33.7. The van der Waals surface area contributed by atoms with Gasteiger partial charge in [-0.25, -0.2) is 0 Å². The first-order valence-corrected chi connectivity index (χ1v) is 21.0. The molecule has 0 radical (unpaired) electrons. The minimum Gasteiger partial charge on any atom is -0.432 e. The Labute approximate surface area is 330 Å². The summed E-state index contributed by atoms with van der Waals surface area (Å²) in [6.45, 7) is 14.4. The lowest BCUT2D eigenvalue weighted by Crippen LogP contribution is -2.68. The van der Waals surface area contributed by atoms with Gasteiger partial charge in [0.1, 0.15) is 48.8 Å². The molecule has 7 fully saturated rings. The Bertz CT molecular complexity index is 1480. The van der Waals surface area contributed by atoms with Crippen LogP contribution in [0, 0.1) is 56.7 Å². The van der Waals surface area contributed by atoms with E-state index in [0.29, 0.717) is 25.2 Å². The highest BCUT2D eigenvalue weighted by molar-refractivity contribution is 5.78. The molecule has 2 heterocycles. The van der Waals surface area contributed by atoms with Gasteiger partial charge in [-0.15, -0.1) is 0 Å². The van der Waals surface area contributed by atoms with E-state index in [0.717, 1.165) is 50.5 Å². The molecule has 0 aromatic heterocycles. The molecule has 0 bridgehead atoms. The maximum Gasteiger partial charge on any atom is 0.314 e. The fraction of sp³-hybridized carbons (Fsp3) is 0.929. The van der Waals surface area contributed by atoms with E-state index in [4.69, 9.17) is 18.9 Å². The average molecular weight is 797 g/mol. The molecule has 320 valence electrons. The van der Waals surface area contributed by atoms with Gasteiger partial charge < -0.3 is 64.9 Å². The van der Waals surface area contributed by atoms with Crippen molar-refractivity contribution in [3.05, 3.63) is 12.2 Å². The number of rotatable bonds is 8. The number of hydrogen-bond donors (Lipinski definition) is 9. The molecule has 2 aliphatic heterocycles. The van der Waals surface area contributed by atoms with Gasteiger partial charge in [0, 0.05) is 5.41 Å². The van der Waals surface area contributed by atoms with Gasteiger partial charge in [-0.05, 0) is 117 Å². The topological polar surface area (TPSA) is 236 Å². The normalized spacial score (nSPS) is 55.6. The van der Waals surface area contributed by atoms with Crippen molar-refractivity contribution in [1.82, 2.24) is 0 Å². The SMILES string of the molecule is C=C(C)C1CCC2(C(=O)OC3OC(CO)C(O)C(O)C3O)CCC3(C)C(CCC4C5(C)CCC(OC6OC(CO)C(O)C(O)C6O)C(C)(CO)C5CCC43C)C12. The van der Waals surface area contributed by atoms with Crippen LogP contribution < -0.4 is 0 Å². The van der Waals surface area contributed by atoms with E-state index in [1.807, 2.05) is 13.8 Å². The average Bonchev–Trinajstić information content (AvgIpc) is 3.58. The highest BCUT2D eigenvalue weighted by atomic mass is 16.7. The van der Waals surface area contributed by atoms with E-state index in [-0.39, 0.29) is 46.5 Å². The maximum atomic E-state index is 14.6. The first-order chi connectivity index (χ1) is 26.3. The Morgan fingerprint density at radius 3 is 1.88 bits per heavy atom. The quantitative estimate of drug-likeness (QED) is 0.0953. The smallest absolute Gasteiger partial charge is 0.314 e. The Morgan fingerprint density at radius 2 is 1.29 bits per heavy atom. The fourth-order valence-corrected chi connectivity index (χ4v) is 14.5. The zero-order chi connectivity index (χ0) is 40.9. The second-order valence-corrected chi connectivity index (χ2v) is 20.0. The second kappa shape index (κ2) is 15.0. The molecule has 21 unspecified atom stereocenters. The predicted octanol–water partition coefficient (Wildman–Crippen LogP) is 1.14. The molecule has 5 aliphatic carbocycles. The molecule has 21 atom stereocenters. The third-order valence-corrected chi connectivity index (χ3v) is 17.8. The lowest BCUT2D eigenvalue weighted by atomic mass is 9.32. The van der Waals surface area contributed by atoms with Crippen LogP contribution in [0.4, 0.5) is 0 Å². The summed E-state index contributed by atoms with van der Waals surface area (Å²) in [5.41, 5.74) is -0.977. The van der Waals surface area contributed by atoms with E-state index in [1.54, 1.807) is 0 Å². The highest BCUT2D eigenvalue weighted by Crippen LogP contribution is 2.77. The lowest BCUT2D eigenvalue weighted by Gasteiger charge is -2.73. The maximum absolute atomic E-state index is 14.6. The van der Waals surface area contributed by atoms with Crippen molar-refractivity contribution in [1.29, 1.82) is 0 Å². The molecular formula is C42H68O14. The van der Waals surface area contributed by atoms with Crippen LogP contribution in [0.1, 0.15) is 98.8 Å². The molecular weight excluding hydrogens is 728 g/mol. The molecule has 0 aromatic carbocycles. The molecule has 56 heavy (non-hydrogen) atoms. The summed E-state index contributed by atoms with van der Waals surface area (Å²) in [6, 6.07) is 0. The van der Waals surface area contributed by atoms with Crippen LogP contribution >= 0.6 is 0 Å². The fourth-order valence-electron chi connectivity index (χ4n) is 14.5. The third kappa shape index (κ3) is 6.05. The van der Waals surface area contributed by atoms with Crippen molar-refractivity contribution < 1.29 is 69.7 Å². The molecule has 5 saturated carbocycles. The van der Waals surface area contributed by atoms with Crippen molar-refractivity contribution in [2.45, 2.75) is 166 Å². The minimum atomic E-state index is -1.67. The summed E-state index contributed by atoms with van der Waals surface area (Å²) in [6.07, 6.45) is -7.37. The Morgan fingerprint density at radius 1 is 0.679 bits per heavy atom. The Kier molecular flexibility index (Phi) is 11.5. The Hall–Kier alpha value is -1.27. The van der Waals surface area contributed by atoms with Crippen LogP contribution in [0.2, 0.25) is 0 Å². The number of aliphatic hydroxyl groups is 9. The van der Waals surface area contributed by atoms with E-state index >= 15 is 0 Å². The number of esters is 1. The molecule has 0 aromatic rings. The van der Waals surface area contributed by atoms with E-state index in [9.17, 15) is 50.8 Å². The molecule has 9 N–H and O–H groups in total. The number of carbonyl (C=O) groups is 1. The number of aliphatic hydroxyl groups excluding tert-OH is 9. The minimum absolute atomic E-state index is 0.0627. The summed E-state index contributed by atoms with van der Waals surface area (Å²) in [7, 11) is 0. The van der Waals surface area contributed by atoms with Gasteiger partial charge >= 0.3 is 5.97 Å². The van der Waals surface area contributed by atoms with Gasteiger partial charge in [0.15, 0.2) is 6.29 Å². The summed E-state index contributed by atoms with van der Waals surface area (Å²) >= 11 is 0. The van der Waals surface area contributed by atoms with Crippen LogP contribution in [0.25, 0.3) is 0 Å². The van der Waals surface area contributed by atoms with Gasteiger partial charge in [-0.1, -0.05) is 39.8 Å². The number of fused-ring (bicyclic) bond motifs is 7. The van der Waals surface area contributed by atoms with Gasteiger partial charge in [-0.3, -0.25) is 4.79 Å². The number of ether oxygens (including phenoxy) is 4. The van der Waals surface area contributed by atoms with Crippen LogP contribution in [-0.4, -0.2) is 139 Å². The van der Waals surface area contributed by atoms with Crippen molar-refractivity contribution in [3.8, 4) is 0 Å². The standard InChI is InChI=1S/C42H68O14/c1-20(2)21-9-14-42(37(52)56-36-34(51)32(49)30(47)24(18-44)54-36)16-15-40(5)22(28(21)42)7-8-26-38(3)12-11-27(39(4,19-45)25(38)10-13-41(26,40)6)55-35-33(50)31(48)29(46)23(17-43)53-35/h21-36,43-51H,1,7-19H2,2-6H3. The molecule has 2 saturated heterocycles. The van der Waals surface area contributed by atoms with Crippen molar-refractivity contribution in [3.63, 3.8) is 0 Å². The van der Waals surface area contributed by atoms with Crippen LogP contribution in [0.15, 0.2) is 12.2 Å². The monoisotopic (exact) mass is 796 g/mol.